The number of nitrogens with zero attached hydrogens (tertiary/aromatic N) is 1. The number of anilines is 2. The molecule has 0 radical (unpaired) electrons. The molecule has 5 nitrogen and oxygen atoms in total. The normalized spacial score (nSPS) is 10.3. The van der Waals surface area contributed by atoms with Crippen molar-refractivity contribution in [1.82, 2.24) is 4.57 Å². The van der Waals surface area contributed by atoms with Crippen molar-refractivity contribution in [3.8, 4) is 0 Å². The molecule has 3 N–H and O–H groups in total. The molecule has 0 spiro atoms. The van der Waals surface area contributed by atoms with Crippen LogP contribution in [-0.2, 0) is 11.3 Å². The van der Waals surface area contributed by atoms with E-state index in [0.29, 0.717) is 16.9 Å². The summed E-state index contributed by atoms with van der Waals surface area (Å²) in [5.41, 5.74) is 8.35. The molecule has 2 rings (SSSR count). The number of nitrogens with one attached hydrogen (secondary N) is 1. The van der Waals surface area contributed by atoms with Gasteiger partial charge in [0.2, 0.25) is 5.91 Å². The lowest BCUT2D eigenvalue weighted by Crippen LogP contribution is -2.28. The van der Waals surface area contributed by atoms with E-state index < -0.39 is 0 Å². The van der Waals surface area contributed by atoms with Gasteiger partial charge in [-0.2, -0.15) is 0 Å². The van der Waals surface area contributed by atoms with Crippen molar-refractivity contribution < 1.29 is 4.79 Å². The van der Waals surface area contributed by atoms with E-state index in [1.54, 1.807) is 43.5 Å². The van der Waals surface area contributed by atoms with Crippen LogP contribution in [0.2, 0.25) is 0 Å². The van der Waals surface area contributed by atoms with Gasteiger partial charge in [-0.05, 0) is 43.7 Å². The molecule has 2 aromatic rings. The number of aryl methyl sites for hydroxylation is 2. The second kappa shape index (κ2) is 5.61. The highest BCUT2D eigenvalue weighted by Gasteiger charge is 2.07. The van der Waals surface area contributed by atoms with Gasteiger partial charge in [-0.25, -0.2) is 0 Å². The number of nitrogens with two attached hydrogens (primary N) is 1. The van der Waals surface area contributed by atoms with Crippen molar-refractivity contribution in [2.45, 2.75) is 20.4 Å². The molecule has 1 aromatic carbocycles. The predicted octanol–water partition coefficient (Wildman–Crippen LogP) is 1.69. The molecule has 0 aliphatic rings. The van der Waals surface area contributed by atoms with E-state index >= 15 is 0 Å². The van der Waals surface area contributed by atoms with Gasteiger partial charge in [0.15, 0.2) is 0 Å². The minimum Gasteiger partial charge on any atom is -0.399 e. The molecule has 0 aliphatic carbocycles. The highest BCUT2D eigenvalue weighted by Crippen LogP contribution is 2.17. The van der Waals surface area contributed by atoms with E-state index in [-0.39, 0.29) is 18.0 Å². The molecule has 0 saturated heterocycles. The van der Waals surface area contributed by atoms with Crippen LogP contribution >= 0.6 is 0 Å². The number of carbonyl (C=O) groups excluding carboxylic acids is 1. The largest absolute Gasteiger partial charge is 0.399 e. The fourth-order valence-corrected chi connectivity index (χ4v) is 1.95. The SMILES string of the molecule is Cc1cc(N)ccc1NC(=O)Cn1cccc(C)c1=O. The standard InChI is InChI=1S/C15H17N3O2/c1-10-4-3-7-18(15(10)20)9-14(19)17-13-6-5-12(16)8-11(13)2/h3-8H,9,16H2,1-2H3,(H,17,19). The number of hydrogen-bond acceptors (Lipinski definition) is 3. The third-order valence-corrected chi connectivity index (χ3v) is 3.05. The van der Waals surface area contributed by atoms with Crippen LogP contribution in [0.1, 0.15) is 11.1 Å². The first-order chi connectivity index (χ1) is 9.47. The minimum absolute atomic E-state index is 0.00959. The summed E-state index contributed by atoms with van der Waals surface area (Å²) in [5, 5.41) is 2.78. The molecule has 1 heterocycles. The molecule has 20 heavy (non-hydrogen) atoms. The van der Waals surface area contributed by atoms with Crippen LogP contribution in [0, 0.1) is 13.8 Å². The molecular weight excluding hydrogens is 254 g/mol. The van der Waals surface area contributed by atoms with Crippen molar-refractivity contribution in [3.63, 3.8) is 0 Å². The Bertz CT molecular complexity index is 705. The third kappa shape index (κ3) is 3.06. The van der Waals surface area contributed by atoms with Gasteiger partial charge in [0.05, 0.1) is 0 Å². The molecule has 0 fully saturated rings. The van der Waals surface area contributed by atoms with Crippen LogP contribution in [0.15, 0.2) is 41.3 Å². The van der Waals surface area contributed by atoms with E-state index in [1.807, 2.05) is 6.92 Å². The summed E-state index contributed by atoms with van der Waals surface area (Å²) in [7, 11) is 0. The van der Waals surface area contributed by atoms with Gasteiger partial charge in [0.1, 0.15) is 6.54 Å². The van der Waals surface area contributed by atoms with Crippen LogP contribution in [0.3, 0.4) is 0 Å². The van der Waals surface area contributed by atoms with Crippen LogP contribution in [-0.4, -0.2) is 10.5 Å². The summed E-state index contributed by atoms with van der Waals surface area (Å²) in [6.45, 7) is 3.58. The van der Waals surface area contributed by atoms with E-state index in [0.717, 1.165) is 5.56 Å². The van der Waals surface area contributed by atoms with Crippen LogP contribution < -0.4 is 16.6 Å². The molecule has 1 aromatic heterocycles. The zero-order chi connectivity index (χ0) is 14.7. The van der Waals surface area contributed by atoms with Gasteiger partial charge in [-0.1, -0.05) is 6.07 Å². The number of nitrogen functional groups attached to an aromatic ring is 1. The monoisotopic (exact) mass is 271 g/mol. The van der Waals surface area contributed by atoms with E-state index in [9.17, 15) is 9.59 Å². The summed E-state index contributed by atoms with van der Waals surface area (Å²) in [6, 6.07) is 8.73. The first-order valence-electron chi connectivity index (χ1n) is 6.29. The second-order valence-corrected chi connectivity index (χ2v) is 4.75. The van der Waals surface area contributed by atoms with Crippen molar-refractivity contribution in [1.29, 1.82) is 0 Å². The van der Waals surface area contributed by atoms with Gasteiger partial charge >= 0.3 is 0 Å². The average Bonchev–Trinajstić information content (AvgIpc) is 2.38. The summed E-state index contributed by atoms with van der Waals surface area (Å²) < 4.78 is 1.39. The zero-order valence-electron chi connectivity index (χ0n) is 11.5. The number of benzene rings is 1. The lowest BCUT2D eigenvalue weighted by Gasteiger charge is -2.10. The molecule has 1 amide bonds. The van der Waals surface area contributed by atoms with Crippen molar-refractivity contribution in [2.75, 3.05) is 11.1 Å². The van der Waals surface area contributed by atoms with Crippen LogP contribution in [0.4, 0.5) is 11.4 Å². The van der Waals surface area contributed by atoms with Crippen molar-refractivity contribution >= 4 is 17.3 Å². The zero-order valence-corrected chi connectivity index (χ0v) is 11.5. The van der Waals surface area contributed by atoms with E-state index in [1.165, 1.54) is 4.57 Å². The highest BCUT2D eigenvalue weighted by atomic mass is 16.2. The first-order valence-corrected chi connectivity index (χ1v) is 6.29. The summed E-state index contributed by atoms with van der Waals surface area (Å²) >= 11 is 0. The smallest absolute Gasteiger partial charge is 0.253 e. The van der Waals surface area contributed by atoms with Gasteiger partial charge < -0.3 is 15.6 Å². The molecule has 5 heteroatoms. The fourth-order valence-electron chi connectivity index (χ4n) is 1.95. The van der Waals surface area contributed by atoms with Gasteiger partial charge in [0, 0.05) is 23.1 Å². The Morgan fingerprint density at radius 3 is 2.70 bits per heavy atom. The molecular formula is C15H17N3O2. The number of aromatic nitrogens is 1. The average molecular weight is 271 g/mol. The minimum atomic E-state index is -0.245. The Kier molecular flexibility index (Phi) is 3.89. The number of carbonyl (C=O) groups is 1. The lowest BCUT2D eigenvalue weighted by atomic mass is 10.2. The van der Waals surface area contributed by atoms with Crippen molar-refractivity contribution in [2.24, 2.45) is 0 Å². The topological polar surface area (TPSA) is 77.1 Å². The number of rotatable bonds is 3. The van der Waals surface area contributed by atoms with Crippen LogP contribution in [0.25, 0.3) is 0 Å². The second-order valence-electron chi connectivity index (χ2n) is 4.75. The summed E-state index contributed by atoms with van der Waals surface area (Å²) in [4.78, 5) is 23.8. The Balaban J connectivity index is 2.13. The molecule has 0 unspecified atom stereocenters. The molecule has 0 atom stereocenters. The number of hydrogen-bond donors (Lipinski definition) is 2. The lowest BCUT2D eigenvalue weighted by molar-refractivity contribution is -0.116. The quantitative estimate of drug-likeness (QED) is 0.834. The molecule has 0 saturated carbocycles. The Morgan fingerprint density at radius 1 is 1.25 bits per heavy atom. The third-order valence-electron chi connectivity index (χ3n) is 3.05. The maximum absolute atomic E-state index is 12.0. The molecule has 0 bridgehead atoms. The summed E-state index contributed by atoms with van der Waals surface area (Å²) in [6.07, 6.45) is 1.60. The maximum atomic E-state index is 12.0. The highest BCUT2D eigenvalue weighted by molar-refractivity contribution is 5.91. The van der Waals surface area contributed by atoms with Gasteiger partial charge in [-0.3, -0.25) is 9.59 Å². The van der Waals surface area contributed by atoms with Crippen molar-refractivity contribution in [3.05, 3.63) is 58.0 Å². The van der Waals surface area contributed by atoms with Gasteiger partial charge in [0.25, 0.3) is 5.56 Å². The first kappa shape index (κ1) is 13.9. The summed E-state index contributed by atoms with van der Waals surface area (Å²) in [5.74, 6) is -0.245. The number of amides is 1. The number of pyridine rings is 1. The maximum Gasteiger partial charge on any atom is 0.253 e. The van der Waals surface area contributed by atoms with Crippen LogP contribution in [0.5, 0.6) is 0 Å². The predicted molar refractivity (Wildman–Crippen MR) is 79.7 cm³/mol. The Hall–Kier alpha value is -2.56. The molecule has 0 aliphatic heterocycles. The van der Waals surface area contributed by atoms with E-state index in [2.05, 4.69) is 5.32 Å². The Morgan fingerprint density at radius 2 is 2.00 bits per heavy atom. The molecule has 104 valence electrons. The van der Waals surface area contributed by atoms with Gasteiger partial charge in [-0.15, -0.1) is 0 Å². The Labute approximate surface area is 117 Å². The fraction of sp³-hybridized carbons (Fsp3) is 0.200. The van der Waals surface area contributed by atoms with E-state index in [4.69, 9.17) is 5.73 Å².